The molecule has 1 atom stereocenters. The second kappa shape index (κ2) is 10.4. The van der Waals surface area contributed by atoms with Gasteiger partial charge in [0.05, 0.1) is 6.26 Å². The van der Waals surface area contributed by atoms with E-state index >= 15 is 0 Å². The predicted molar refractivity (Wildman–Crippen MR) is 130 cm³/mol. The summed E-state index contributed by atoms with van der Waals surface area (Å²) in [4.78, 5) is 29.0. The summed E-state index contributed by atoms with van der Waals surface area (Å²) in [5.41, 5.74) is 1.47. The van der Waals surface area contributed by atoms with Gasteiger partial charge in [-0.2, -0.15) is 0 Å². The summed E-state index contributed by atoms with van der Waals surface area (Å²) in [7, 11) is 0. The quantitative estimate of drug-likeness (QED) is 0.469. The van der Waals surface area contributed by atoms with Crippen LogP contribution in [0.4, 0.5) is 0 Å². The van der Waals surface area contributed by atoms with Crippen molar-refractivity contribution in [3.8, 4) is 11.5 Å². The normalized spacial score (nSPS) is 16.0. The lowest BCUT2D eigenvalue weighted by Crippen LogP contribution is -2.46. The van der Waals surface area contributed by atoms with Gasteiger partial charge in [-0.3, -0.25) is 9.59 Å². The molecule has 0 bridgehead atoms. The van der Waals surface area contributed by atoms with Crippen LogP contribution in [0, 0.1) is 0 Å². The van der Waals surface area contributed by atoms with Gasteiger partial charge < -0.3 is 24.1 Å². The molecule has 5 rings (SSSR count). The second-order valence-corrected chi connectivity index (χ2v) is 9.33. The van der Waals surface area contributed by atoms with Crippen molar-refractivity contribution in [1.29, 1.82) is 0 Å². The van der Waals surface area contributed by atoms with Crippen molar-refractivity contribution < 1.29 is 23.5 Å². The third-order valence-corrected chi connectivity index (χ3v) is 6.73. The van der Waals surface area contributed by atoms with E-state index in [4.69, 9.17) is 25.5 Å². The SMILES string of the molecule is O=C(NC1CCCCC1)C(c1ccc(Cl)cc1)N(Cc1ccc2c(c1)OCO2)C(=O)c1ccco1. The summed E-state index contributed by atoms with van der Waals surface area (Å²) in [6.45, 7) is 0.326. The number of benzene rings is 2. The average Bonchev–Trinajstić information content (AvgIpc) is 3.57. The lowest BCUT2D eigenvalue weighted by atomic mass is 9.94. The standard InChI is InChI=1S/C27H27ClN2O5/c28-20-11-9-19(10-12-20)25(26(31)29-21-5-2-1-3-6-21)30(27(32)23-7-4-14-33-23)16-18-8-13-22-24(15-18)35-17-34-22/h4,7-15,21,25H,1-3,5-6,16-17H2,(H,29,31). The second-order valence-electron chi connectivity index (χ2n) is 8.90. The number of fused-ring (bicyclic) bond motifs is 1. The minimum absolute atomic E-state index is 0.0946. The molecule has 182 valence electrons. The van der Waals surface area contributed by atoms with Crippen LogP contribution in [-0.4, -0.2) is 29.5 Å². The highest BCUT2D eigenvalue weighted by atomic mass is 35.5. The van der Waals surface area contributed by atoms with Gasteiger partial charge in [-0.15, -0.1) is 0 Å². The molecule has 8 heteroatoms. The zero-order valence-corrected chi connectivity index (χ0v) is 20.0. The van der Waals surface area contributed by atoms with Gasteiger partial charge in [0.25, 0.3) is 5.91 Å². The minimum Gasteiger partial charge on any atom is -0.459 e. The Morgan fingerprint density at radius 1 is 1.00 bits per heavy atom. The Morgan fingerprint density at radius 2 is 1.77 bits per heavy atom. The number of rotatable bonds is 7. The zero-order chi connectivity index (χ0) is 24.2. The van der Waals surface area contributed by atoms with Crippen LogP contribution in [0.3, 0.4) is 0 Å². The molecule has 3 aromatic rings. The third kappa shape index (κ3) is 5.30. The van der Waals surface area contributed by atoms with Gasteiger partial charge in [0.1, 0.15) is 6.04 Å². The molecule has 1 unspecified atom stereocenters. The van der Waals surface area contributed by atoms with Crippen LogP contribution in [-0.2, 0) is 11.3 Å². The van der Waals surface area contributed by atoms with Gasteiger partial charge in [0.15, 0.2) is 17.3 Å². The highest BCUT2D eigenvalue weighted by Gasteiger charge is 2.34. The molecule has 1 saturated carbocycles. The number of nitrogens with one attached hydrogen (secondary N) is 1. The van der Waals surface area contributed by atoms with E-state index in [1.165, 1.54) is 17.6 Å². The molecule has 1 aliphatic heterocycles. The van der Waals surface area contributed by atoms with Gasteiger partial charge in [-0.1, -0.05) is 49.1 Å². The highest BCUT2D eigenvalue weighted by molar-refractivity contribution is 6.30. The zero-order valence-electron chi connectivity index (χ0n) is 19.2. The van der Waals surface area contributed by atoms with Crippen molar-refractivity contribution in [3.63, 3.8) is 0 Å². The molecule has 0 spiro atoms. The van der Waals surface area contributed by atoms with E-state index in [0.717, 1.165) is 31.2 Å². The Bertz CT molecular complexity index is 1170. The Kier molecular flexibility index (Phi) is 6.95. The van der Waals surface area contributed by atoms with Crippen LogP contribution in [0.1, 0.15) is 59.8 Å². The molecule has 2 amide bonds. The summed E-state index contributed by atoms with van der Waals surface area (Å²) in [6.07, 6.45) is 6.68. The van der Waals surface area contributed by atoms with Crippen LogP contribution in [0.25, 0.3) is 0 Å². The number of halogens is 1. The first-order chi connectivity index (χ1) is 17.1. The van der Waals surface area contributed by atoms with Crippen molar-refractivity contribution in [2.24, 2.45) is 0 Å². The van der Waals surface area contributed by atoms with Crippen LogP contribution in [0.2, 0.25) is 5.02 Å². The van der Waals surface area contributed by atoms with Gasteiger partial charge >= 0.3 is 0 Å². The Balaban J connectivity index is 1.51. The number of carbonyl (C=O) groups is 2. The number of hydrogen-bond acceptors (Lipinski definition) is 5. The number of carbonyl (C=O) groups excluding carboxylic acids is 2. The maximum Gasteiger partial charge on any atom is 0.290 e. The van der Waals surface area contributed by atoms with Crippen molar-refractivity contribution in [2.75, 3.05) is 6.79 Å². The largest absolute Gasteiger partial charge is 0.459 e. The first-order valence-corrected chi connectivity index (χ1v) is 12.2. The van der Waals surface area contributed by atoms with E-state index in [0.29, 0.717) is 22.1 Å². The van der Waals surface area contributed by atoms with E-state index in [9.17, 15) is 9.59 Å². The number of amides is 2. The van der Waals surface area contributed by atoms with Crippen LogP contribution >= 0.6 is 11.6 Å². The number of furan rings is 1. The maximum absolute atomic E-state index is 13.8. The molecule has 1 N–H and O–H groups in total. The Labute approximate surface area is 209 Å². The van der Waals surface area contributed by atoms with E-state index in [1.807, 2.05) is 18.2 Å². The first kappa shape index (κ1) is 23.3. The smallest absolute Gasteiger partial charge is 0.290 e. The van der Waals surface area contributed by atoms with Gasteiger partial charge in [0.2, 0.25) is 12.7 Å². The van der Waals surface area contributed by atoms with Crippen molar-refractivity contribution in [1.82, 2.24) is 10.2 Å². The molecule has 2 heterocycles. The molecule has 1 fully saturated rings. The molecule has 2 aromatic carbocycles. The van der Waals surface area contributed by atoms with Crippen LogP contribution < -0.4 is 14.8 Å². The molecular formula is C27H27ClN2O5. The summed E-state index contributed by atoms with van der Waals surface area (Å²) in [5.74, 6) is 0.825. The molecular weight excluding hydrogens is 468 g/mol. The molecule has 0 radical (unpaired) electrons. The number of ether oxygens (including phenoxy) is 2. The highest BCUT2D eigenvalue weighted by Crippen LogP contribution is 2.34. The molecule has 1 aromatic heterocycles. The average molecular weight is 495 g/mol. The van der Waals surface area contributed by atoms with E-state index in [2.05, 4.69) is 5.32 Å². The Morgan fingerprint density at radius 3 is 2.51 bits per heavy atom. The van der Waals surface area contributed by atoms with Crippen molar-refractivity contribution >= 4 is 23.4 Å². The summed E-state index contributed by atoms with van der Waals surface area (Å²) >= 11 is 6.14. The van der Waals surface area contributed by atoms with Gasteiger partial charge in [0, 0.05) is 17.6 Å². The fourth-order valence-corrected chi connectivity index (χ4v) is 4.83. The lowest BCUT2D eigenvalue weighted by molar-refractivity contribution is -0.127. The lowest BCUT2D eigenvalue weighted by Gasteiger charge is -2.33. The molecule has 0 saturated heterocycles. The third-order valence-electron chi connectivity index (χ3n) is 6.48. The van der Waals surface area contributed by atoms with Crippen molar-refractivity contribution in [2.45, 2.75) is 50.7 Å². The summed E-state index contributed by atoms with van der Waals surface area (Å²) in [6, 6.07) is 15.0. The van der Waals surface area contributed by atoms with Crippen LogP contribution in [0.5, 0.6) is 11.5 Å². The topological polar surface area (TPSA) is 81.0 Å². The fourth-order valence-electron chi connectivity index (χ4n) is 4.70. The molecule has 2 aliphatic rings. The van der Waals surface area contributed by atoms with Crippen molar-refractivity contribution in [3.05, 3.63) is 82.8 Å². The van der Waals surface area contributed by atoms with E-state index < -0.39 is 6.04 Å². The van der Waals surface area contributed by atoms with E-state index in [-0.39, 0.29) is 37.0 Å². The monoisotopic (exact) mass is 494 g/mol. The molecule has 35 heavy (non-hydrogen) atoms. The molecule has 1 aliphatic carbocycles. The number of nitrogens with zero attached hydrogens (tertiary/aromatic N) is 1. The minimum atomic E-state index is -0.878. The predicted octanol–water partition coefficient (Wildman–Crippen LogP) is 5.49. The molecule has 7 nitrogen and oxygen atoms in total. The van der Waals surface area contributed by atoms with Gasteiger partial charge in [-0.25, -0.2) is 0 Å². The summed E-state index contributed by atoms with van der Waals surface area (Å²) < 4.78 is 16.4. The van der Waals surface area contributed by atoms with Crippen LogP contribution in [0.15, 0.2) is 65.3 Å². The fraction of sp³-hybridized carbons (Fsp3) is 0.333. The first-order valence-electron chi connectivity index (χ1n) is 11.9. The summed E-state index contributed by atoms with van der Waals surface area (Å²) in [5, 5.41) is 3.75. The Hall–Kier alpha value is -3.45. The van der Waals surface area contributed by atoms with E-state index in [1.54, 1.807) is 36.4 Å². The van der Waals surface area contributed by atoms with Gasteiger partial charge in [-0.05, 0) is 60.4 Å². The maximum atomic E-state index is 13.8. The number of hydrogen-bond donors (Lipinski definition) is 1.